The Balaban J connectivity index is 1.79. The SMILES string of the molecule is CC(O)(CCc1ccccc1)CC1CCC1. The number of rotatable bonds is 5. The van der Waals surface area contributed by atoms with E-state index in [1.807, 2.05) is 13.0 Å². The van der Waals surface area contributed by atoms with Crippen molar-refractivity contribution in [3.05, 3.63) is 35.9 Å². The van der Waals surface area contributed by atoms with Gasteiger partial charge in [0, 0.05) is 0 Å². The van der Waals surface area contributed by atoms with Crippen LogP contribution < -0.4 is 0 Å². The smallest absolute Gasteiger partial charge is 0.0625 e. The van der Waals surface area contributed by atoms with E-state index in [4.69, 9.17) is 0 Å². The molecule has 1 atom stereocenters. The van der Waals surface area contributed by atoms with Crippen LogP contribution in [-0.2, 0) is 6.42 Å². The number of benzene rings is 1. The van der Waals surface area contributed by atoms with Crippen LogP contribution in [0.4, 0.5) is 0 Å². The van der Waals surface area contributed by atoms with Gasteiger partial charge in [0.1, 0.15) is 0 Å². The number of hydrogen-bond acceptors (Lipinski definition) is 1. The molecule has 1 aliphatic rings. The molecule has 0 amide bonds. The van der Waals surface area contributed by atoms with Gasteiger partial charge in [-0.25, -0.2) is 0 Å². The van der Waals surface area contributed by atoms with Gasteiger partial charge in [-0.05, 0) is 37.7 Å². The van der Waals surface area contributed by atoms with Gasteiger partial charge in [0.15, 0.2) is 0 Å². The van der Waals surface area contributed by atoms with Gasteiger partial charge in [-0.2, -0.15) is 0 Å². The molecule has 0 aromatic heterocycles. The summed E-state index contributed by atoms with van der Waals surface area (Å²) < 4.78 is 0. The van der Waals surface area contributed by atoms with Gasteiger partial charge in [0.25, 0.3) is 0 Å². The van der Waals surface area contributed by atoms with E-state index in [9.17, 15) is 5.11 Å². The van der Waals surface area contributed by atoms with Crippen molar-refractivity contribution in [1.82, 2.24) is 0 Å². The molecule has 0 aliphatic heterocycles. The van der Waals surface area contributed by atoms with Gasteiger partial charge in [0.2, 0.25) is 0 Å². The molecule has 1 saturated carbocycles. The molecule has 2 rings (SSSR count). The first-order chi connectivity index (χ1) is 7.66. The van der Waals surface area contributed by atoms with Crippen molar-refractivity contribution in [2.75, 3.05) is 0 Å². The van der Waals surface area contributed by atoms with Crippen molar-refractivity contribution in [3.8, 4) is 0 Å². The highest BCUT2D eigenvalue weighted by molar-refractivity contribution is 5.15. The fourth-order valence-electron chi connectivity index (χ4n) is 2.48. The predicted molar refractivity (Wildman–Crippen MR) is 67.3 cm³/mol. The van der Waals surface area contributed by atoms with Gasteiger partial charge in [-0.1, -0.05) is 49.6 Å². The first kappa shape index (κ1) is 11.7. The molecule has 1 N–H and O–H groups in total. The summed E-state index contributed by atoms with van der Waals surface area (Å²) in [5.41, 5.74) is 0.859. The second-order valence-electron chi connectivity index (χ2n) is 5.48. The first-order valence-corrected chi connectivity index (χ1v) is 6.42. The van der Waals surface area contributed by atoms with Gasteiger partial charge in [0.05, 0.1) is 5.60 Å². The van der Waals surface area contributed by atoms with E-state index in [1.54, 1.807) is 0 Å². The third-order valence-electron chi connectivity index (χ3n) is 3.75. The molecule has 1 unspecified atom stereocenters. The molecule has 0 spiro atoms. The van der Waals surface area contributed by atoms with Crippen LogP contribution in [0.3, 0.4) is 0 Å². The summed E-state index contributed by atoms with van der Waals surface area (Å²) in [6, 6.07) is 10.4. The molecular formula is C15H22O. The standard InChI is InChI=1S/C15H22O/c1-15(16,12-14-8-5-9-14)11-10-13-6-3-2-4-7-13/h2-4,6-7,14,16H,5,8-12H2,1H3. The molecule has 0 saturated heterocycles. The van der Waals surface area contributed by atoms with E-state index in [-0.39, 0.29) is 0 Å². The summed E-state index contributed by atoms with van der Waals surface area (Å²) in [7, 11) is 0. The fraction of sp³-hybridized carbons (Fsp3) is 0.600. The van der Waals surface area contributed by atoms with E-state index in [1.165, 1.54) is 24.8 Å². The maximum atomic E-state index is 10.3. The van der Waals surface area contributed by atoms with E-state index in [2.05, 4.69) is 24.3 Å². The van der Waals surface area contributed by atoms with Crippen LogP contribution in [0.2, 0.25) is 0 Å². The van der Waals surface area contributed by atoms with Crippen LogP contribution >= 0.6 is 0 Å². The van der Waals surface area contributed by atoms with Crippen LogP contribution in [0, 0.1) is 5.92 Å². The van der Waals surface area contributed by atoms with Gasteiger partial charge in [-0.3, -0.25) is 0 Å². The summed E-state index contributed by atoms with van der Waals surface area (Å²) in [5.74, 6) is 0.783. The van der Waals surface area contributed by atoms with E-state index < -0.39 is 5.60 Å². The van der Waals surface area contributed by atoms with Crippen molar-refractivity contribution >= 4 is 0 Å². The third kappa shape index (κ3) is 3.34. The molecule has 1 heteroatoms. The van der Waals surface area contributed by atoms with Crippen molar-refractivity contribution in [1.29, 1.82) is 0 Å². The lowest BCUT2D eigenvalue weighted by atomic mass is 9.76. The Labute approximate surface area is 98.5 Å². The maximum absolute atomic E-state index is 10.3. The zero-order chi connectivity index (χ0) is 11.4. The lowest BCUT2D eigenvalue weighted by molar-refractivity contribution is 0.0128. The molecule has 0 heterocycles. The van der Waals surface area contributed by atoms with Crippen LogP contribution in [-0.4, -0.2) is 10.7 Å². The molecule has 1 aromatic rings. The number of aliphatic hydroxyl groups is 1. The lowest BCUT2D eigenvalue weighted by Gasteiger charge is -2.33. The van der Waals surface area contributed by atoms with E-state index >= 15 is 0 Å². The summed E-state index contributed by atoms with van der Waals surface area (Å²) >= 11 is 0. The highest BCUT2D eigenvalue weighted by Crippen LogP contribution is 2.35. The first-order valence-electron chi connectivity index (χ1n) is 6.42. The summed E-state index contributed by atoms with van der Waals surface area (Å²) in [4.78, 5) is 0. The van der Waals surface area contributed by atoms with Crippen molar-refractivity contribution in [2.45, 2.75) is 51.0 Å². The summed E-state index contributed by atoms with van der Waals surface area (Å²) in [5, 5.41) is 10.3. The lowest BCUT2D eigenvalue weighted by Crippen LogP contribution is -2.30. The molecule has 88 valence electrons. The molecule has 0 radical (unpaired) electrons. The summed E-state index contributed by atoms with van der Waals surface area (Å²) in [6.07, 6.45) is 6.86. The van der Waals surface area contributed by atoms with Crippen molar-refractivity contribution in [2.24, 2.45) is 5.92 Å². The highest BCUT2D eigenvalue weighted by Gasteiger charge is 2.28. The van der Waals surface area contributed by atoms with E-state index in [0.29, 0.717) is 0 Å². The minimum absolute atomic E-state index is 0.471. The van der Waals surface area contributed by atoms with Crippen LogP contribution in [0.5, 0.6) is 0 Å². The number of aryl methyl sites for hydroxylation is 1. The highest BCUT2D eigenvalue weighted by atomic mass is 16.3. The zero-order valence-corrected chi connectivity index (χ0v) is 10.2. The van der Waals surface area contributed by atoms with E-state index in [0.717, 1.165) is 25.2 Å². The topological polar surface area (TPSA) is 20.2 Å². The quantitative estimate of drug-likeness (QED) is 0.801. The molecule has 1 aliphatic carbocycles. The molecular weight excluding hydrogens is 196 g/mol. The third-order valence-corrected chi connectivity index (χ3v) is 3.75. The Morgan fingerprint density at radius 2 is 1.94 bits per heavy atom. The van der Waals surface area contributed by atoms with Crippen LogP contribution in [0.1, 0.15) is 44.6 Å². The monoisotopic (exact) mass is 218 g/mol. The minimum Gasteiger partial charge on any atom is -0.390 e. The summed E-state index contributed by atoms with van der Waals surface area (Å²) in [6.45, 7) is 1.99. The Bertz CT molecular complexity index is 311. The minimum atomic E-state index is -0.471. The van der Waals surface area contributed by atoms with Gasteiger partial charge >= 0.3 is 0 Å². The Kier molecular flexibility index (Phi) is 3.65. The molecule has 0 bridgehead atoms. The van der Waals surface area contributed by atoms with Gasteiger partial charge < -0.3 is 5.11 Å². The van der Waals surface area contributed by atoms with Crippen LogP contribution in [0.25, 0.3) is 0 Å². The second-order valence-corrected chi connectivity index (χ2v) is 5.48. The second kappa shape index (κ2) is 5.01. The zero-order valence-electron chi connectivity index (χ0n) is 10.2. The van der Waals surface area contributed by atoms with Crippen molar-refractivity contribution < 1.29 is 5.11 Å². The Morgan fingerprint density at radius 3 is 2.50 bits per heavy atom. The van der Waals surface area contributed by atoms with Crippen molar-refractivity contribution in [3.63, 3.8) is 0 Å². The largest absolute Gasteiger partial charge is 0.390 e. The average Bonchev–Trinajstić information content (AvgIpc) is 2.23. The maximum Gasteiger partial charge on any atom is 0.0625 e. The average molecular weight is 218 g/mol. The Morgan fingerprint density at radius 1 is 1.25 bits per heavy atom. The molecule has 1 nitrogen and oxygen atoms in total. The fourth-order valence-corrected chi connectivity index (χ4v) is 2.48. The van der Waals surface area contributed by atoms with Crippen LogP contribution in [0.15, 0.2) is 30.3 Å². The van der Waals surface area contributed by atoms with Gasteiger partial charge in [-0.15, -0.1) is 0 Å². The normalized spacial score (nSPS) is 20.1. The predicted octanol–water partition coefficient (Wildman–Crippen LogP) is 3.56. The number of hydrogen-bond donors (Lipinski definition) is 1. The molecule has 16 heavy (non-hydrogen) atoms. The molecule has 1 fully saturated rings. The molecule has 1 aromatic carbocycles. The Hall–Kier alpha value is -0.820.